The Morgan fingerprint density at radius 2 is 0.983 bits per heavy atom. The normalized spacial score (nSPS) is 15.4. The first-order valence-corrected chi connectivity index (χ1v) is 19.9. The van der Waals surface area contributed by atoms with E-state index >= 15 is 0 Å². The van der Waals surface area contributed by atoms with Crippen molar-refractivity contribution in [3.8, 4) is 22.9 Å². The van der Waals surface area contributed by atoms with Crippen LogP contribution < -0.4 is 9.47 Å². The van der Waals surface area contributed by atoms with Gasteiger partial charge in [0.15, 0.2) is 0 Å². The van der Waals surface area contributed by atoms with Crippen LogP contribution in [0, 0.1) is 30.2 Å². The van der Waals surface area contributed by atoms with Gasteiger partial charge in [0.2, 0.25) is 11.8 Å². The maximum atomic E-state index is 14.0. The third-order valence-electron chi connectivity index (χ3n) is 9.52. The average molecular weight is 958 g/mol. The van der Waals surface area contributed by atoms with Gasteiger partial charge in [-0.05, 0) is 111 Å². The predicted octanol–water partition coefficient (Wildman–Crippen LogP) is 12.6. The molecule has 0 fully saturated rings. The molecule has 2 aromatic heterocycles. The topological polar surface area (TPSA) is 69.0 Å². The predicted molar refractivity (Wildman–Crippen MR) is 225 cm³/mol. The molecule has 0 amide bonds. The van der Waals surface area contributed by atoms with Gasteiger partial charge in [-0.2, -0.15) is 0 Å². The fraction of sp³-hybridized carbons (Fsp3) is 0.234. The molecule has 0 saturated heterocycles. The molecule has 0 saturated carbocycles. The van der Waals surface area contributed by atoms with E-state index in [1.807, 2.05) is 93.6 Å². The Balaban J connectivity index is 0.000000186. The molecule has 6 nitrogen and oxygen atoms in total. The quantitative estimate of drug-likeness (QED) is 0.107. The minimum atomic E-state index is -0.558. The SMILES string of the molecule is CCOc1ccc(-c2ccc(C3CCC(c4c(F)cccc4F)=N3)cc2)cn1.CCOc1ccc(C)cn1.Fc1cccc(F)c1C1=NC(c2ccc(Br)cc2)CC1.[Pd]. The minimum Gasteiger partial charge on any atom is -0.478 e. The van der Waals surface area contributed by atoms with Crippen LogP contribution in [0.3, 0.4) is 0 Å². The Kier molecular flexibility index (Phi) is 16.7. The summed E-state index contributed by atoms with van der Waals surface area (Å²) in [4.78, 5) is 17.4. The van der Waals surface area contributed by atoms with Crippen molar-refractivity contribution in [2.45, 2.75) is 58.5 Å². The zero-order valence-corrected chi connectivity index (χ0v) is 35.9. The summed E-state index contributed by atoms with van der Waals surface area (Å²) >= 11 is 3.39. The van der Waals surface area contributed by atoms with Crippen LogP contribution in [0.25, 0.3) is 11.1 Å². The van der Waals surface area contributed by atoms with Gasteiger partial charge in [0.05, 0.1) is 36.4 Å². The summed E-state index contributed by atoms with van der Waals surface area (Å²) in [7, 11) is 0. The summed E-state index contributed by atoms with van der Waals surface area (Å²) in [6.07, 6.45) is 6.27. The van der Waals surface area contributed by atoms with E-state index in [9.17, 15) is 17.6 Å². The number of aliphatic imine (C=N–C) groups is 2. The van der Waals surface area contributed by atoms with Gasteiger partial charge < -0.3 is 9.47 Å². The summed E-state index contributed by atoms with van der Waals surface area (Å²) < 4.78 is 67.1. The van der Waals surface area contributed by atoms with Crippen LogP contribution in [-0.2, 0) is 20.4 Å². The Hall–Kier alpha value is -5.02. The number of benzene rings is 4. The molecule has 308 valence electrons. The summed E-state index contributed by atoms with van der Waals surface area (Å²) in [5, 5.41) is 0. The summed E-state index contributed by atoms with van der Waals surface area (Å²) in [6, 6.07) is 31.3. The van der Waals surface area contributed by atoms with Gasteiger partial charge in [-0.1, -0.05) is 70.5 Å². The number of hydrogen-bond acceptors (Lipinski definition) is 6. The van der Waals surface area contributed by atoms with Crippen LogP contribution in [-0.4, -0.2) is 34.6 Å². The molecule has 2 aliphatic rings. The van der Waals surface area contributed by atoms with Crippen molar-refractivity contribution in [2.24, 2.45) is 9.98 Å². The molecule has 2 atom stereocenters. The molecule has 0 spiro atoms. The van der Waals surface area contributed by atoms with Crippen molar-refractivity contribution in [1.29, 1.82) is 0 Å². The molecule has 0 radical (unpaired) electrons. The number of ether oxygens (including phenoxy) is 2. The Labute approximate surface area is 364 Å². The molecular formula is C47H43BrF4N4O2Pd. The Morgan fingerprint density at radius 3 is 1.39 bits per heavy atom. The Bertz CT molecular complexity index is 2300. The van der Waals surface area contributed by atoms with Crippen LogP contribution in [0.5, 0.6) is 11.8 Å². The zero-order valence-electron chi connectivity index (χ0n) is 32.8. The standard InChI is InChI=1S/C23H20F2N2O.C16H12BrF2N.C8H11NO.Pd/c1-2-28-22-13-10-17(14-26-22)15-6-8-16(9-7-15)20-11-12-21(27-20)23-18(24)4-3-5-19(23)25;17-11-6-4-10(5-7-11)14-8-9-15(20-14)16-12(18)2-1-3-13(16)19;1-3-10-8-5-4-7(2)6-9-8;/h3-10,13-14,20H,2,11-12H2,1H3;1-7,14H,8-9H2;4-6H,3H2,1-2H3;. The fourth-order valence-corrected chi connectivity index (χ4v) is 6.91. The van der Waals surface area contributed by atoms with Gasteiger partial charge in [0, 0.05) is 66.4 Å². The number of pyridine rings is 2. The first-order valence-electron chi connectivity index (χ1n) is 19.2. The molecule has 8 rings (SSSR count). The van der Waals surface area contributed by atoms with E-state index in [4.69, 9.17) is 9.47 Å². The molecule has 4 aromatic carbocycles. The van der Waals surface area contributed by atoms with E-state index in [1.165, 1.54) is 36.4 Å². The van der Waals surface area contributed by atoms with E-state index < -0.39 is 23.3 Å². The van der Waals surface area contributed by atoms with Crippen molar-refractivity contribution < 1.29 is 47.5 Å². The molecule has 2 unspecified atom stereocenters. The van der Waals surface area contributed by atoms with E-state index in [0.29, 0.717) is 49.2 Å². The number of aryl methyl sites for hydroxylation is 1. The van der Waals surface area contributed by atoms with Crippen LogP contribution in [0.1, 0.15) is 79.4 Å². The van der Waals surface area contributed by atoms with E-state index in [0.717, 1.165) is 45.1 Å². The Morgan fingerprint density at radius 1 is 0.559 bits per heavy atom. The van der Waals surface area contributed by atoms with Crippen molar-refractivity contribution in [2.75, 3.05) is 13.2 Å². The zero-order chi connectivity index (χ0) is 41.0. The molecule has 0 aliphatic carbocycles. The monoisotopic (exact) mass is 956 g/mol. The molecule has 6 aromatic rings. The first kappa shape index (κ1) is 45.1. The molecule has 4 heterocycles. The maximum Gasteiger partial charge on any atom is 0.213 e. The van der Waals surface area contributed by atoms with Crippen molar-refractivity contribution >= 4 is 27.4 Å². The number of aromatic nitrogens is 2. The van der Waals surface area contributed by atoms with Gasteiger partial charge in [0.25, 0.3) is 0 Å². The summed E-state index contributed by atoms with van der Waals surface area (Å²) in [6.45, 7) is 7.13. The maximum absolute atomic E-state index is 14.0. The van der Waals surface area contributed by atoms with Gasteiger partial charge in [-0.25, -0.2) is 27.5 Å². The number of rotatable bonds is 9. The van der Waals surface area contributed by atoms with Gasteiger partial charge >= 0.3 is 0 Å². The molecule has 0 bridgehead atoms. The second kappa shape index (κ2) is 21.8. The van der Waals surface area contributed by atoms with E-state index in [-0.39, 0.29) is 43.6 Å². The summed E-state index contributed by atoms with van der Waals surface area (Å²) in [5.74, 6) is -0.889. The second-order valence-corrected chi connectivity index (χ2v) is 14.5. The van der Waals surface area contributed by atoms with E-state index in [2.05, 4.69) is 35.9 Å². The number of hydrogen-bond donors (Lipinski definition) is 0. The first-order chi connectivity index (χ1) is 28.1. The third kappa shape index (κ3) is 12.0. The number of nitrogens with zero attached hydrogens (tertiary/aromatic N) is 4. The van der Waals surface area contributed by atoms with Gasteiger partial charge in [-0.15, -0.1) is 0 Å². The largest absolute Gasteiger partial charge is 0.478 e. The second-order valence-electron chi connectivity index (χ2n) is 13.6. The molecule has 2 aliphatic heterocycles. The summed E-state index contributed by atoms with van der Waals surface area (Å²) in [5.41, 5.74) is 6.35. The van der Waals surface area contributed by atoms with Gasteiger partial charge in [0.1, 0.15) is 23.3 Å². The molecule has 12 heteroatoms. The molecule has 0 N–H and O–H groups in total. The molecule has 59 heavy (non-hydrogen) atoms. The van der Waals surface area contributed by atoms with Crippen LogP contribution >= 0.6 is 15.9 Å². The van der Waals surface area contributed by atoms with Gasteiger partial charge in [-0.3, -0.25) is 9.98 Å². The van der Waals surface area contributed by atoms with Crippen molar-refractivity contribution in [3.05, 3.63) is 177 Å². The number of halogens is 5. The smallest absolute Gasteiger partial charge is 0.213 e. The van der Waals surface area contributed by atoms with Crippen molar-refractivity contribution in [1.82, 2.24) is 9.97 Å². The molecular weight excluding hydrogens is 915 g/mol. The fourth-order valence-electron chi connectivity index (χ4n) is 6.64. The van der Waals surface area contributed by atoms with E-state index in [1.54, 1.807) is 12.4 Å². The van der Waals surface area contributed by atoms with Crippen molar-refractivity contribution in [3.63, 3.8) is 0 Å². The average Bonchev–Trinajstić information content (AvgIpc) is 3.92. The third-order valence-corrected chi connectivity index (χ3v) is 10.1. The van der Waals surface area contributed by atoms with Crippen LogP contribution in [0.4, 0.5) is 17.6 Å². The van der Waals surface area contributed by atoms with Crippen LogP contribution in [0.15, 0.2) is 136 Å². The minimum absolute atomic E-state index is 0. The van der Waals surface area contributed by atoms with Crippen LogP contribution in [0.2, 0.25) is 0 Å².